The van der Waals surface area contributed by atoms with Crippen LogP contribution in [-0.2, 0) is 18.7 Å². The normalized spacial score (nSPS) is 18.3. The van der Waals surface area contributed by atoms with Crippen molar-refractivity contribution in [3.8, 4) is 0 Å². The minimum absolute atomic E-state index is 0.105. The van der Waals surface area contributed by atoms with E-state index in [4.69, 9.17) is 0 Å². The van der Waals surface area contributed by atoms with E-state index in [9.17, 15) is 8.42 Å². The van der Waals surface area contributed by atoms with Gasteiger partial charge in [-0.15, -0.1) is 0 Å². The van der Waals surface area contributed by atoms with Gasteiger partial charge in [0.05, 0.1) is 4.75 Å². The van der Waals surface area contributed by atoms with E-state index < -0.39 is 23.4 Å². The minimum Gasteiger partial charge on any atom is -0.244 e. The molecule has 0 aromatic heterocycles. The Morgan fingerprint density at radius 2 is 1.31 bits per heavy atom. The summed E-state index contributed by atoms with van der Waals surface area (Å²) in [6, 6.07) is 0. The third-order valence-electron chi connectivity index (χ3n) is 0.942. The van der Waals surface area contributed by atoms with Crippen LogP contribution in [0.2, 0.25) is 0 Å². The second-order valence-corrected chi connectivity index (χ2v) is 12.1. The van der Waals surface area contributed by atoms with Crippen LogP contribution in [0.25, 0.3) is 0 Å². The Morgan fingerprint density at radius 3 is 1.54 bits per heavy atom. The van der Waals surface area contributed by atoms with Crippen molar-refractivity contribution in [3.05, 3.63) is 0 Å². The lowest BCUT2D eigenvalue weighted by atomic mass is 10.3. The second kappa shape index (κ2) is 4.45. The zero-order valence-corrected chi connectivity index (χ0v) is 11.5. The minimum atomic E-state index is -1.31. The van der Waals surface area contributed by atoms with Crippen LogP contribution in [0.15, 0.2) is 0 Å². The largest absolute Gasteiger partial charge is 0.244 e. The molecule has 2 atom stereocenters. The van der Waals surface area contributed by atoms with Gasteiger partial charge in [-0.05, 0) is 31.6 Å². The van der Waals surface area contributed by atoms with Crippen LogP contribution in [0.1, 0.15) is 41.5 Å². The molecular weight excluding hydrogens is 224 g/mol. The van der Waals surface area contributed by atoms with Crippen molar-refractivity contribution < 1.29 is 8.42 Å². The van der Waals surface area contributed by atoms with Gasteiger partial charge in [0, 0.05) is 4.75 Å². The summed E-state index contributed by atoms with van der Waals surface area (Å²) in [6.07, 6.45) is 0. The van der Waals surface area contributed by atoms with Crippen molar-refractivity contribution in [1.29, 1.82) is 0 Å². The Kier molecular flexibility index (Phi) is 4.67. The Morgan fingerprint density at radius 1 is 0.923 bits per heavy atom. The van der Waals surface area contributed by atoms with Gasteiger partial charge < -0.3 is 0 Å². The third kappa shape index (κ3) is 5.86. The molecule has 0 aliphatic carbocycles. The van der Waals surface area contributed by atoms with Crippen LogP contribution in [0.3, 0.4) is 0 Å². The predicted octanol–water partition coefficient (Wildman–Crippen LogP) is 2.64. The fourth-order valence-electron chi connectivity index (χ4n) is 0.439. The Hall–Kier alpha value is 0.650. The van der Waals surface area contributed by atoms with E-state index in [2.05, 4.69) is 0 Å². The maximum absolute atomic E-state index is 11.6. The van der Waals surface area contributed by atoms with E-state index in [0.717, 1.165) is 0 Å². The first-order valence-electron chi connectivity index (χ1n) is 4.07. The van der Waals surface area contributed by atoms with Gasteiger partial charge >= 0.3 is 0 Å². The highest BCUT2D eigenvalue weighted by Gasteiger charge is 2.28. The first kappa shape index (κ1) is 13.7. The quantitative estimate of drug-likeness (QED) is 0.698. The highest BCUT2D eigenvalue weighted by molar-refractivity contribution is 8.98. The van der Waals surface area contributed by atoms with Gasteiger partial charge in [-0.25, -0.2) is 8.42 Å². The molecule has 0 N–H and O–H groups in total. The van der Waals surface area contributed by atoms with Crippen LogP contribution in [-0.4, -0.2) is 17.9 Å². The average molecular weight is 242 g/mol. The maximum Gasteiger partial charge on any atom is 0.172 e. The fourth-order valence-corrected chi connectivity index (χ4v) is 8.18. The molecule has 0 spiro atoms. The van der Waals surface area contributed by atoms with Gasteiger partial charge in [0.25, 0.3) is 0 Å². The van der Waals surface area contributed by atoms with E-state index >= 15 is 0 Å². The predicted molar refractivity (Wildman–Crippen MR) is 63.4 cm³/mol. The molecule has 2 nitrogen and oxygen atoms in total. The van der Waals surface area contributed by atoms with Gasteiger partial charge in [0.2, 0.25) is 0 Å². The molecule has 0 saturated carbocycles. The van der Waals surface area contributed by atoms with Gasteiger partial charge in [-0.1, -0.05) is 20.8 Å². The summed E-state index contributed by atoms with van der Waals surface area (Å²) >= 11 is 0. The van der Waals surface area contributed by atoms with Crippen molar-refractivity contribution in [1.82, 2.24) is 0 Å². The first-order chi connectivity index (χ1) is 5.54. The van der Waals surface area contributed by atoms with Crippen molar-refractivity contribution in [2.45, 2.75) is 51.0 Å². The SMILES string of the molecule is CC(C)(C)SS(=O)S(=O)C(C)(C)C. The number of rotatable bonds is 2. The molecule has 0 aliphatic rings. The van der Waals surface area contributed by atoms with E-state index in [0.29, 0.717) is 0 Å². The van der Waals surface area contributed by atoms with Crippen molar-refractivity contribution >= 4 is 29.5 Å². The lowest BCUT2D eigenvalue weighted by molar-refractivity contribution is 0.655. The molecule has 0 saturated heterocycles. The van der Waals surface area contributed by atoms with Crippen LogP contribution in [0.4, 0.5) is 0 Å². The van der Waals surface area contributed by atoms with Crippen LogP contribution in [0.5, 0.6) is 0 Å². The molecule has 0 heterocycles. The van der Waals surface area contributed by atoms with Crippen LogP contribution in [0, 0.1) is 0 Å². The summed E-state index contributed by atoms with van der Waals surface area (Å²) < 4.78 is 22.7. The third-order valence-corrected chi connectivity index (χ3v) is 8.70. The van der Waals surface area contributed by atoms with Crippen molar-refractivity contribution in [2.24, 2.45) is 0 Å². The van der Waals surface area contributed by atoms with E-state index in [1.807, 2.05) is 41.5 Å². The summed E-state index contributed by atoms with van der Waals surface area (Å²) in [5, 5.41) is 0. The van der Waals surface area contributed by atoms with Crippen molar-refractivity contribution in [2.75, 3.05) is 0 Å². The molecule has 0 fully saturated rings. The fraction of sp³-hybridized carbons (Fsp3) is 1.00. The van der Waals surface area contributed by atoms with Crippen LogP contribution >= 0.6 is 10.8 Å². The molecule has 2 unspecified atom stereocenters. The summed E-state index contributed by atoms with van der Waals surface area (Å²) in [5.74, 6) is 0. The van der Waals surface area contributed by atoms with E-state index in [1.54, 1.807) is 0 Å². The summed E-state index contributed by atoms with van der Waals surface area (Å²) in [4.78, 5) is 0. The zero-order chi connectivity index (χ0) is 10.9. The molecule has 0 aliphatic heterocycles. The zero-order valence-electron chi connectivity index (χ0n) is 9.04. The van der Waals surface area contributed by atoms with Gasteiger partial charge in [-0.3, -0.25) is 0 Å². The lowest BCUT2D eigenvalue weighted by Crippen LogP contribution is -2.25. The molecule has 80 valence electrons. The second-order valence-electron chi connectivity index (χ2n) is 4.75. The highest BCUT2D eigenvalue weighted by atomic mass is 33.5. The Bertz CT molecular complexity index is 223. The van der Waals surface area contributed by atoms with E-state index in [1.165, 1.54) is 10.8 Å². The molecule has 0 rings (SSSR count). The van der Waals surface area contributed by atoms with Crippen molar-refractivity contribution in [3.63, 3.8) is 0 Å². The molecule has 13 heavy (non-hydrogen) atoms. The Balaban J connectivity index is 4.40. The number of hydrogen-bond donors (Lipinski definition) is 0. The number of hydrogen-bond acceptors (Lipinski definition) is 3. The molecule has 0 bridgehead atoms. The summed E-state index contributed by atoms with van der Waals surface area (Å²) in [7, 11) is -1.34. The molecule has 0 amide bonds. The van der Waals surface area contributed by atoms with E-state index in [-0.39, 0.29) is 4.75 Å². The van der Waals surface area contributed by atoms with Gasteiger partial charge in [0.15, 0.2) is 8.86 Å². The molecule has 0 radical (unpaired) electrons. The maximum atomic E-state index is 11.6. The van der Waals surface area contributed by atoms with Gasteiger partial charge in [-0.2, -0.15) is 0 Å². The van der Waals surface area contributed by atoms with Crippen LogP contribution < -0.4 is 0 Å². The monoisotopic (exact) mass is 242 g/mol. The smallest absolute Gasteiger partial charge is 0.172 e. The topological polar surface area (TPSA) is 34.1 Å². The standard InChI is InChI=1S/C8H18O2S3/c1-7(2,3)11-13(10)12(9)8(4,5)6/h1-6H3. The molecule has 0 aromatic rings. The molecular formula is C8H18O2S3. The highest BCUT2D eigenvalue weighted by Crippen LogP contribution is 2.31. The van der Waals surface area contributed by atoms with Gasteiger partial charge in [0.1, 0.15) is 9.83 Å². The lowest BCUT2D eigenvalue weighted by Gasteiger charge is -2.20. The summed E-state index contributed by atoms with van der Waals surface area (Å²) in [6.45, 7) is 11.4. The average Bonchev–Trinajstić information content (AvgIpc) is 1.79. The molecule has 5 heteroatoms. The summed E-state index contributed by atoms with van der Waals surface area (Å²) in [5.41, 5.74) is 0. The Labute approximate surface area is 89.0 Å². The first-order valence-corrected chi connectivity index (χ1v) is 8.22. The molecule has 0 aromatic carbocycles.